The van der Waals surface area contributed by atoms with Gasteiger partial charge in [-0.05, 0) is 56.5 Å². The summed E-state index contributed by atoms with van der Waals surface area (Å²) in [6, 6.07) is 9.95. The van der Waals surface area contributed by atoms with E-state index < -0.39 is 10.0 Å². The number of amides is 1. The molecule has 6 nitrogen and oxygen atoms in total. The number of rotatable bonds is 7. The third kappa shape index (κ3) is 4.34. The quantitative estimate of drug-likeness (QED) is 0.806. The zero-order chi connectivity index (χ0) is 18.6. The third-order valence-corrected chi connectivity index (χ3v) is 6.48. The summed E-state index contributed by atoms with van der Waals surface area (Å²) in [5.41, 5.74) is 0.357. The molecule has 1 saturated heterocycles. The molecule has 0 unspecified atom stereocenters. The van der Waals surface area contributed by atoms with Crippen molar-refractivity contribution in [3.63, 3.8) is 0 Å². The van der Waals surface area contributed by atoms with Gasteiger partial charge in [0.05, 0.1) is 11.2 Å². The number of aryl methyl sites for hydroxylation is 1. The molecule has 1 amide bonds. The molecule has 2 aromatic rings. The second-order valence-corrected chi connectivity index (χ2v) is 8.57. The molecule has 140 valence electrons. The van der Waals surface area contributed by atoms with Crippen LogP contribution < -0.4 is 5.32 Å². The van der Waals surface area contributed by atoms with Gasteiger partial charge in [0, 0.05) is 31.1 Å². The number of nitrogens with zero attached hydrogens (tertiary/aromatic N) is 1. The van der Waals surface area contributed by atoms with Crippen LogP contribution in [0.15, 0.2) is 52.0 Å². The fourth-order valence-corrected chi connectivity index (χ4v) is 4.63. The van der Waals surface area contributed by atoms with Crippen LogP contribution in [0.1, 0.15) is 42.3 Å². The number of carbonyl (C=O) groups excluding carboxylic acids is 1. The van der Waals surface area contributed by atoms with Crippen molar-refractivity contribution in [2.75, 3.05) is 13.1 Å². The van der Waals surface area contributed by atoms with Crippen LogP contribution in [0.3, 0.4) is 0 Å². The Morgan fingerprint density at radius 3 is 2.69 bits per heavy atom. The van der Waals surface area contributed by atoms with Gasteiger partial charge in [0.25, 0.3) is 5.91 Å². The van der Waals surface area contributed by atoms with Crippen molar-refractivity contribution in [1.29, 1.82) is 0 Å². The predicted molar refractivity (Wildman–Crippen MR) is 98.4 cm³/mol. The molecule has 1 N–H and O–H groups in total. The van der Waals surface area contributed by atoms with E-state index in [9.17, 15) is 13.2 Å². The third-order valence-electron chi connectivity index (χ3n) is 4.58. The van der Waals surface area contributed by atoms with Gasteiger partial charge in [-0.2, -0.15) is 4.31 Å². The minimum Gasteiger partial charge on any atom is -0.469 e. The minimum absolute atomic E-state index is 0.0496. The lowest BCUT2D eigenvalue weighted by Gasteiger charge is -2.17. The Morgan fingerprint density at radius 1 is 1.23 bits per heavy atom. The van der Waals surface area contributed by atoms with Crippen molar-refractivity contribution in [2.24, 2.45) is 0 Å². The minimum atomic E-state index is -3.52. The van der Waals surface area contributed by atoms with Crippen LogP contribution in [-0.2, 0) is 16.4 Å². The average molecular weight is 376 g/mol. The van der Waals surface area contributed by atoms with Gasteiger partial charge in [-0.3, -0.25) is 4.79 Å². The van der Waals surface area contributed by atoms with Gasteiger partial charge in [0.2, 0.25) is 10.0 Å². The number of hydrogen-bond donors (Lipinski definition) is 1. The first kappa shape index (κ1) is 18.7. The van der Waals surface area contributed by atoms with Crippen LogP contribution in [0.5, 0.6) is 0 Å². The van der Waals surface area contributed by atoms with Crippen LogP contribution in [0.2, 0.25) is 0 Å². The molecule has 1 atom stereocenters. The van der Waals surface area contributed by atoms with Crippen LogP contribution in [0.4, 0.5) is 0 Å². The molecule has 0 bridgehead atoms. The molecule has 0 saturated carbocycles. The van der Waals surface area contributed by atoms with E-state index in [1.807, 2.05) is 19.1 Å². The summed E-state index contributed by atoms with van der Waals surface area (Å²) in [4.78, 5) is 12.7. The highest BCUT2D eigenvalue weighted by Gasteiger charge is 2.27. The SMILES string of the molecule is C[C@H](CCc1ccco1)NC(=O)c1cccc(S(=O)(=O)N2CCCC2)c1. The maximum atomic E-state index is 12.6. The summed E-state index contributed by atoms with van der Waals surface area (Å²) in [5.74, 6) is 0.611. The topological polar surface area (TPSA) is 79.6 Å². The first-order valence-electron chi connectivity index (χ1n) is 8.90. The molecule has 1 aliphatic rings. The molecular formula is C19H24N2O4S. The van der Waals surface area contributed by atoms with Gasteiger partial charge in [-0.15, -0.1) is 0 Å². The smallest absolute Gasteiger partial charge is 0.251 e. The molecule has 0 radical (unpaired) electrons. The zero-order valence-corrected chi connectivity index (χ0v) is 15.7. The lowest BCUT2D eigenvalue weighted by Crippen LogP contribution is -2.33. The fraction of sp³-hybridized carbons (Fsp3) is 0.421. The van der Waals surface area contributed by atoms with E-state index in [0.717, 1.165) is 31.4 Å². The molecule has 3 rings (SSSR count). The molecule has 1 aliphatic heterocycles. The van der Waals surface area contributed by atoms with Crippen LogP contribution in [-0.4, -0.2) is 37.8 Å². The Labute approximate surface area is 154 Å². The maximum absolute atomic E-state index is 12.6. The van der Waals surface area contributed by atoms with E-state index in [4.69, 9.17) is 4.42 Å². The van der Waals surface area contributed by atoms with Gasteiger partial charge in [-0.1, -0.05) is 6.07 Å². The summed E-state index contributed by atoms with van der Waals surface area (Å²) in [6.07, 6.45) is 4.87. The van der Waals surface area contributed by atoms with Gasteiger partial charge >= 0.3 is 0 Å². The predicted octanol–water partition coefficient (Wildman–Crippen LogP) is 2.82. The van der Waals surface area contributed by atoms with E-state index in [-0.39, 0.29) is 16.8 Å². The highest BCUT2D eigenvalue weighted by atomic mass is 32.2. The fourth-order valence-electron chi connectivity index (χ4n) is 3.07. The van der Waals surface area contributed by atoms with Gasteiger partial charge in [0.1, 0.15) is 5.76 Å². The number of sulfonamides is 1. The Bertz CT molecular complexity index is 840. The molecule has 1 aromatic carbocycles. The van der Waals surface area contributed by atoms with Crippen molar-refractivity contribution < 1.29 is 17.6 Å². The van der Waals surface area contributed by atoms with E-state index >= 15 is 0 Å². The summed E-state index contributed by atoms with van der Waals surface area (Å²) in [7, 11) is -3.52. The number of nitrogens with one attached hydrogen (secondary N) is 1. The van der Waals surface area contributed by atoms with Crippen molar-refractivity contribution in [3.05, 3.63) is 54.0 Å². The van der Waals surface area contributed by atoms with Crippen molar-refractivity contribution >= 4 is 15.9 Å². The summed E-state index contributed by atoms with van der Waals surface area (Å²) >= 11 is 0. The van der Waals surface area contributed by atoms with Crippen molar-refractivity contribution in [1.82, 2.24) is 9.62 Å². The molecular weight excluding hydrogens is 352 g/mol. The second kappa shape index (κ2) is 8.05. The Morgan fingerprint density at radius 2 is 2.00 bits per heavy atom. The molecule has 26 heavy (non-hydrogen) atoms. The molecule has 1 aromatic heterocycles. The number of carbonyl (C=O) groups is 1. The lowest BCUT2D eigenvalue weighted by molar-refractivity contribution is 0.0938. The maximum Gasteiger partial charge on any atom is 0.251 e. The largest absolute Gasteiger partial charge is 0.469 e. The highest BCUT2D eigenvalue weighted by molar-refractivity contribution is 7.89. The monoisotopic (exact) mass is 376 g/mol. The Balaban J connectivity index is 1.64. The molecule has 7 heteroatoms. The van der Waals surface area contributed by atoms with Gasteiger partial charge in [-0.25, -0.2) is 8.42 Å². The normalized spacial score (nSPS) is 16.5. The van der Waals surface area contributed by atoms with Crippen LogP contribution in [0, 0.1) is 0 Å². The van der Waals surface area contributed by atoms with Crippen molar-refractivity contribution in [2.45, 2.75) is 43.5 Å². The van der Waals surface area contributed by atoms with E-state index in [1.54, 1.807) is 24.5 Å². The molecule has 0 spiro atoms. The van der Waals surface area contributed by atoms with Gasteiger partial charge < -0.3 is 9.73 Å². The van der Waals surface area contributed by atoms with E-state index in [0.29, 0.717) is 18.7 Å². The molecule has 0 aliphatic carbocycles. The first-order valence-corrected chi connectivity index (χ1v) is 10.3. The highest BCUT2D eigenvalue weighted by Crippen LogP contribution is 2.21. The standard InChI is InChI=1S/C19H24N2O4S/c1-15(9-10-17-7-5-13-25-17)20-19(22)16-6-4-8-18(14-16)26(23,24)21-11-2-3-12-21/h4-8,13-15H,2-3,9-12H2,1H3,(H,20,22)/t15-/m1/s1. The number of furan rings is 1. The van der Waals surface area contributed by atoms with E-state index in [1.165, 1.54) is 10.4 Å². The summed E-state index contributed by atoms with van der Waals surface area (Å²) in [5, 5.41) is 2.92. The first-order chi connectivity index (χ1) is 12.5. The summed E-state index contributed by atoms with van der Waals surface area (Å²) < 4.78 is 32.1. The molecule has 1 fully saturated rings. The van der Waals surface area contributed by atoms with Crippen molar-refractivity contribution in [3.8, 4) is 0 Å². The van der Waals surface area contributed by atoms with Crippen LogP contribution in [0.25, 0.3) is 0 Å². The van der Waals surface area contributed by atoms with E-state index in [2.05, 4.69) is 5.32 Å². The number of hydrogen-bond acceptors (Lipinski definition) is 4. The van der Waals surface area contributed by atoms with Crippen LogP contribution >= 0.6 is 0 Å². The Hall–Kier alpha value is -2.12. The zero-order valence-electron chi connectivity index (χ0n) is 14.8. The lowest BCUT2D eigenvalue weighted by atomic mass is 10.1. The summed E-state index contributed by atoms with van der Waals surface area (Å²) in [6.45, 7) is 3.01. The average Bonchev–Trinajstić information content (AvgIpc) is 3.34. The van der Waals surface area contributed by atoms with Gasteiger partial charge in [0.15, 0.2) is 0 Å². The second-order valence-electron chi connectivity index (χ2n) is 6.63. The number of benzene rings is 1. The Kier molecular flexibility index (Phi) is 5.78. The molecule has 2 heterocycles.